The van der Waals surface area contributed by atoms with Crippen LogP contribution in [0, 0.1) is 0 Å². The average molecular weight is 232 g/mol. The molecular formula is C14H32O2. The van der Waals surface area contributed by atoms with Gasteiger partial charge in [0.25, 0.3) is 0 Å². The lowest BCUT2D eigenvalue weighted by Crippen LogP contribution is -2.15. The van der Waals surface area contributed by atoms with Crippen molar-refractivity contribution in [3.8, 4) is 0 Å². The van der Waals surface area contributed by atoms with E-state index in [9.17, 15) is 0 Å². The molecule has 0 amide bonds. The van der Waals surface area contributed by atoms with Crippen LogP contribution in [0.4, 0.5) is 0 Å². The summed E-state index contributed by atoms with van der Waals surface area (Å²) in [6.07, 6.45) is 11.5. The van der Waals surface area contributed by atoms with E-state index in [1.165, 1.54) is 51.4 Å². The molecule has 0 atom stereocenters. The van der Waals surface area contributed by atoms with Gasteiger partial charge in [0, 0.05) is 0 Å². The molecule has 0 aliphatic rings. The van der Waals surface area contributed by atoms with Crippen molar-refractivity contribution < 1.29 is 10.1 Å². The SMILES string of the molecule is CC(C)(C)OO.CCCCCCCCCC. The molecule has 0 radical (unpaired) electrons. The monoisotopic (exact) mass is 232 g/mol. The molecule has 0 aromatic rings. The van der Waals surface area contributed by atoms with Crippen LogP contribution in [0.5, 0.6) is 0 Å². The van der Waals surface area contributed by atoms with Gasteiger partial charge in [0.15, 0.2) is 0 Å². The van der Waals surface area contributed by atoms with Crippen LogP contribution in [-0.2, 0) is 4.89 Å². The predicted molar refractivity (Wildman–Crippen MR) is 71.8 cm³/mol. The maximum Gasteiger partial charge on any atom is 0.0949 e. The van der Waals surface area contributed by atoms with Crippen LogP contribution in [0.25, 0.3) is 0 Å². The summed E-state index contributed by atoms with van der Waals surface area (Å²) < 4.78 is 0. The van der Waals surface area contributed by atoms with Crippen molar-refractivity contribution in [3.05, 3.63) is 0 Å². The second-order valence-electron chi connectivity index (χ2n) is 5.32. The van der Waals surface area contributed by atoms with Gasteiger partial charge in [-0.05, 0) is 20.8 Å². The summed E-state index contributed by atoms with van der Waals surface area (Å²) in [4.78, 5) is 3.94. The molecule has 1 N–H and O–H groups in total. The van der Waals surface area contributed by atoms with Crippen LogP contribution >= 0.6 is 0 Å². The van der Waals surface area contributed by atoms with Crippen molar-refractivity contribution in [3.63, 3.8) is 0 Å². The smallest absolute Gasteiger partial charge is 0.0949 e. The summed E-state index contributed by atoms with van der Waals surface area (Å²) in [5.41, 5.74) is -0.403. The fourth-order valence-electron chi connectivity index (χ4n) is 1.21. The lowest BCUT2D eigenvalue weighted by atomic mass is 10.1. The molecule has 0 unspecified atom stereocenters. The van der Waals surface area contributed by atoms with Gasteiger partial charge < -0.3 is 0 Å². The molecule has 2 heteroatoms. The highest BCUT2D eigenvalue weighted by Gasteiger charge is 2.06. The Balaban J connectivity index is 0. The van der Waals surface area contributed by atoms with Crippen molar-refractivity contribution in [2.75, 3.05) is 0 Å². The zero-order chi connectivity index (χ0) is 12.9. The number of unbranched alkanes of at least 4 members (excludes halogenated alkanes) is 7. The van der Waals surface area contributed by atoms with E-state index in [1.54, 1.807) is 20.8 Å². The topological polar surface area (TPSA) is 29.5 Å². The molecule has 0 spiro atoms. The Morgan fingerprint density at radius 3 is 1.19 bits per heavy atom. The van der Waals surface area contributed by atoms with Gasteiger partial charge in [0.05, 0.1) is 5.60 Å². The van der Waals surface area contributed by atoms with E-state index in [2.05, 4.69) is 18.7 Å². The standard InChI is InChI=1S/C10H22.C4H10O2/c1-3-5-7-9-10-8-6-4-2;1-4(2,3)6-5/h3-10H2,1-2H3;5H,1-3H3. The summed E-state index contributed by atoms with van der Waals surface area (Å²) in [5, 5.41) is 7.90. The van der Waals surface area contributed by atoms with E-state index in [-0.39, 0.29) is 0 Å². The first-order valence-electron chi connectivity index (χ1n) is 6.80. The molecule has 0 aliphatic heterocycles. The van der Waals surface area contributed by atoms with Crippen molar-refractivity contribution in [2.24, 2.45) is 0 Å². The van der Waals surface area contributed by atoms with Crippen LogP contribution in [0.15, 0.2) is 0 Å². The quantitative estimate of drug-likeness (QED) is 0.361. The van der Waals surface area contributed by atoms with Gasteiger partial charge in [0.1, 0.15) is 0 Å². The molecule has 0 aromatic heterocycles. The molecule has 0 bridgehead atoms. The first kappa shape index (κ1) is 18.3. The van der Waals surface area contributed by atoms with Gasteiger partial charge in [-0.1, -0.05) is 65.2 Å². The molecule has 0 aromatic carbocycles. The molecule has 0 aliphatic carbocycles. The summed E-state index contributed by atoms with van der Waals surface area (Å²) in [6.45, 7) is 9.85. The summed E-state index contributed by atoms with van der Waals surface area (Å²) in [6, 6.07) is 0. The van der Waals surface area contributed by atoms with Gasteiger partial charge in [-0.25, -0.2) is 4.89 Å². The van der Waals surface area contributed by atoms with E-state index in [0.29, 0.717) is 0 Å². The molecular weight excluding hydrogens is 200 g/mol. The Morgan fingerprint density at radius 2 is 1.00 bits per heavy atom. The maximum atomic E-state index is 7.90. The van der Waals surface area contributed by atoms with Gasteiger partial charge in [-0.15, -0.1) is 0 Å². The molecule has 0 saturated heterocycles. The Labute approximate surface area is 102 Å². The Hall–Kier alpha value is -0.0800. The van der Waals surface area contributed by atoms with Gasteiger partial charge in [0.2, 0.25) is 0 Å². The maximum absolute atomic E-state index is 7.90. The minimum Gasteiger partial charge on any atom is -0.251 e. The lowest BCUT2D eigenvalue weighted by molar-refractivity contribution is -0.306. The van der Waals surface area contributed by atoms with Crippen LogP contribution < -0.4 is 0 Å². The second-order valence-corrected chi connectivity index (χ2v) is 5.32. The van der Waals surface area contributed by atoms with Gasteiger partial charge in [-0.2, -0.15) is 0 Å². The predicted octanol–water partition coefficient (Wildman–Crippen LogP) is 5.42. The first-order valence-corrected chi connectivity index (χ1v) is 6.80. The molecule has 100 valence electrons. The van der Waals surface area contributed by atoms with Crippen molar-refractivity contribution in [1.82, 2.24) is 0 Å². The largest absolute Gasteiger partial charge is 0.251 e. The molecule has 0 heterocycles. The van der Waals surface area contributed by atoms with Gasteiger partial charge >= 0.3 is 0 Å². The van der Waals surface area contributed by atoms with E-state index >= 15 is 0 Å². The number of hydrogen-bond donors (Lipinski definition) is 1. The normalized spacial score (nSPS) is 10.9. The third-order valence-corrected chi connectivity index (χ3v) is 2.23. The van der Waals surface area contributed by atoms with E-state index in [0.717, 1.165) is 0 Å². The number of rotatable bonds is 7. The van der Waals surface area contributed by atoms with E-state index in [1.807, 2.05) is 0 Å². The van der Waals surface area contributed by atoms with Crippen LogP contribution in [0.3, 0.4) is 0 Å². The highest BCUT2D eigenvalue weighted by Crippen LogP contribution is 2.07. The summed E-state index contributed by atoms with van der Waals surface area (Å²) in [7, 11) is 0. The molecule has 0 saturated carbocycles. The molecule has 0 rings (SSSR count). The summed E-state index contributed by atoms with van der Waals surface area (Å²) >= 11 is 0. The number of hydrogen-bond acceptors (Lipinski definition) is 2. The fraction of sp³-hybridized carbons (Fsp3) is 1.00. The Bertz CT molecular complexity index is 108. The van der Waals surface area contributed by atoms with Crippen LogP contribution in [0.1, 0.15) is 86.0 Å². The average Bonchev–Trinajstić information content (AvgIpc) is 2.23. The third kappa shape index (κ3) is 23.6. The van der Waals surface area contributed by atoms with E-state index in [4.69, 9.17) is 5.26 Å². The van der Waals surface area contributed by atoms with Crippen molar-refractivity contribution >= 4 is 0 Å². The second kappa shape index (κ2) is 13.0. The van der Waals surface area contributed by atoms with Crippen molar-refractivity contribution in [2.45, 2.75) is 91.6 Å². The zero-order valence-corrected chi connectivity index (χ0v) is 12.0. The van der Waals surface area contributed by atoms with Crippen LogP contribution in [-0.4, -0.2) is 10.9 Å². The highest BCUT2D eigenvalue weighted by atomic mass is 17.1. The van der Waals surface area contributed by atoms with Crippen LogP contribution in [0.2, 0.25) is 0 Å². The highest BCUT2D eigenvalue weighted by molar-refractivity contribution is 4.53. The third-order valence-electron chi connectivity index (χ3n) is 2.23. The van der Waals surface area contributed by atoms with E-state index < -0.39 is 5.60 Å². The Kier molecular flexibility index (Phi) is 14.8. The summed E-state index contributed by atoms with van der Waals surface area (Å²) in [5.74, 6) is 0. The first-order chi connectivity index (χ1) is 7.47. The molecule has 2 nitrogen and oxygen atoms in total. The minimum absolute atomic E-state index is 0.403. The van der Waals surface area contributed by atoms with Gasteiger partial charge in [-0.3, -0.25) is 5.26 Å². The molecule has 0 fully saturated rings. The fourth-order valence-corrected chi connectivity index (χ4v) is 1.21. The lowest BCUT2D eigenvalue weighted by Gasteiger charge is -2.10. The Morgan fingerprint density at radius 1 is 0.750 bits per heavy atom. The minimum atomic E-state index is -0.403. The van der Waals surface area contributed by atoms with Crippen molar-refractivity contribution in [1.29, 1.82) is 0 Å². The molecule has 16 heavy (non-hydrogen) atoms. The zero-order valence-electron chi connectivity index (χ0n) is 12.0.